The zero-order chi connectivity index (χ0) is 17.6. The Morgan fingerprint density at radius 1 is 1.21 bits per heavy atom. The van der Waals surface area contributed by atoms with Gasteiger partial charge in [-0.3, -0.25) is 4.79 Å². The third-order valence-electron chi connectivity index (χ3n) is 2.82. The number of carbonyl (C=O) groups excluding carboxylic acids is 1. The molecule has 0 aliphatic rings. The van der Waals surface area contributed by atoms with Crippen LogP contribution in [0.4, 0.5) is 8.78 Å². The van der Waals surface area contributed by atoms with Gasteiger partial charge in [0.15, 0.2) is 0 Å². The van der Waals surface area contributed by atoms with Crippen LogP contribution >= 0.6 is 11.3 Å². The fraction of sp³-hybridized carbons (Fsp3) is 0.214. The third kappa shape index (κ3) is 5.55. The first kappa shape index (κ1) is 18.3. The Hall–Kier alpha value is -2.04. The van der Waals surface area contributed by atoms with Crippen molar-refractivity contribution in [3.05, 3.63) is 47.3 Å². The maximum atomic E-state index is 12.0. The first-order valence-electron chi connectivity index (χ1n) is 6.70. The average molecular weight is 376 g/mol. The second-order valence-electron chi connectivity index (χ2n) is 4.56. The molecule has 0 bridgehead atoms. The van der Waals surface area contributed by atoms with Crippen LogP contribution in [0.2, 0.25) is 0 Å². The number of ether oxygens (including phenoxy) is 1. The van der Waals surface area contributed by atoms with Gasteiger partial charge in [-0.2, -0.15) is 8.78 Å². The molecule has 2 aromatic rings. The molecule has 0 saturated carbocycles. The Labute approximate surface area is 141 Å². The van der Waals surface area contributed by atoms with Gasteiger partial charge in [0.05, 0.1) is 6.54 Å². The molecular weight excluding hydrogens is 362 g/mol. The summed E-state index contributed by atoms with van der Waals surface area (Å²) in [6.07, 6.45) is 0. The minimum absolute atomic E-state index is 0.0174. The predicted molar refractivity (Wildman–Crippen MR) is 84.4 cm³/mol. The van der Waals surface area contributed by atoms with Gasteiger partial charge in [0.2, 0.25) is 5.91 Å². The van der Waals surface area contributed by atoms with E-state index in [1.807, 2.05) is 0 Å². The minimum atomic E-state index is -3.69. The standard InChI is InChI=1S/C14H14F2N2O4S2/c15-14(16)22-11-5-3-10(4-6-11)8-17-12(19)9-18-24(20,21)13-2-1-7-23-13/h1-7,14,18H,8-9H2,(H,17,19). The first-order valence-corrected chi connectivity index (χ1v) is 9.07. The van der Waals surface area contributed by atoms with Crippen molar-refractivity contribution in [1.29, 1.82) is 0 Å². The molecule has 6 nitrogen and oxygen atoms in total. The summed E-state index contributed by atoms with van der Waals surface area (Å²) in [5, 5.41) is 4.15. The van der Waals surface area contributed by atoms with Gasteiger partial charge in [-0.15, -0.1) is 11.3 Å². The number of carbonyl (C=O) groups is 1. The molecule has 0 fully saturated rings. The molecule has 1 aromatic heterocycles. The highest BCUT2D eigenvalue weighted by Gasteiger charge is 2.16. The fourth-order valence-corrected chi connectivity index (χ4v) is 3.72. The SMILES string of the molecule is O=C(CNS(=O)(=O)c1cccs1)NCc1ccc(OC(F)F)cc1. The molecule has 0 atom stereocenters. The van der Waals surface area contributed by atoms with Crippen LogP contribution in [-0.4, -0.2) is 27.5 Å². The highest BCUT2D eigenvalue weighted by atomic mass is 32.2. The van der Waals surface area contributed by atoms with E-state index in [9.17, 15) is 22.0 Å². The first-order chi connectivity index (χ1) is 11.4. The normalized spacial score (nSPS) is 11.5. The summed E-state index contributed by atoms with van der Waals surface area (Å²) < 4.78 is 54.3. The van der Waals surface area contributed by atoms with Gasteiger partial charge in [-0.25, -0.2) is 13.1 Å². The molecule has 1 aromatic carbocycles. The smallest absolute Gasteiger partial charge is 0.387 e. The van der Waals surface area contributed by atoms with Crippen LogP contribution in [0.1, 0.15) is 5.56 Å². The van der Waals surface area contributed by atoms with E-state index < -0.39 is 29.1 Å². The zero-order valence-corrected chi connectivity index (χ0v) is 13.9. The number of hydrogen-bond acceptors (Lipinski definition) is 5. The Bertz CT molecular complexity index is 763. The lowest BCUT2D eigenvalue weighted by Gasteiger charge is -2.08. The second kappa shape index (κ2) is 8.18. The van der Waals surface area contributed by atoms with Gasteiger partial charge in [-0.05, 0) is 29.1 Å². The van der Waals surface area contributed by atoms with Crippen LogP contribution in [0, 0.1) is 0 Å². The topological polar surface area (TPSA) is 84.5 Å². The van der Waals surface area contributed by atoms with Gasteiger partial charge in [0.25, 0.3) is 10.0 Å². The molecule has 1 amide bonds. The molecule has 0 unspecified atom stereocenters. The Kier molecular flexibility index (Phi) is 6.23. The highest BCUT2D eigenvalue weighted by Crippen LogP contribution is 2.15. The predicted octanol–water partition coefficient (Wildman–Crippen LogP) is 1.94. The van der Waals surface area contributed by atoms with Crippen molar-refractivity contribution in [3.63, 3.8) is 0 Å². The molecule has 0 aliphatic carbocycles. The minimum Gasteiger partial charge on any atom is -0.435 e. The number of amides is 1. The Morgan fingerprint density at radius 3 is 2.50 bits per heavy atom. The van der Waals surface area contributed by atoms with Crippen molar-refractivity contribution in [1.82, 2.24) is 10.0 Å². The molecular formula is C14H14F2N2O4S2. The number of halogens is 2. The third-order valence-corrected chi connectivity index (χ3v) is 5.62. The van der Waals surface area contributed by atoms with Crippen LogP contribution in [0.3, 0.4) is 0 Å². The fourth-order valence-electron chi connectivity index (χ4n) is 1.70. The van der Waals surface area contributed by atoms with Crippen molar-refractivity contribution in [2.75, 3.05) is 6.54 Å². The Balaban J connectivity index is 1.79. The van der Waals surface area contributed by atoms with Crippen molar-refractivity contribution >= 4 is 27.3 Å². The Morgan fingerprint density at radius 2 is 1.92 bits per heavy atom. The van der Waals surface area contributed by atoms with E-state index >= 15 is 0 Å². The summed E-state index contributed by atoms with van der Waals surface area (Å²) in [6.45, 7) is -3.16. The maximum Gasteiger partial charge on any atom is 0.387 e. The molecule has 10 heteroatoms. The number of nitrogens with one attached hydrogen (secondary N) is 2. The van der Waals surface area contributed by atoms with Gasteiger partial charge in [-0.1, -0.05) is 18.2 Å². The molecule has 2 N–H and O–H groups in total. The van der Waals surface area contributed by atoms with E-state index in [2.05, 4.69) is 14.8 Å². The van der Waals surface area contributed by atoms with E-state index in [4.69, 9.17) is 0 Å². The van der Waals surface area contributed by atoms with Gasteiger partial charge >= 0.3 is 6.61 Å². The van der Waals surface area contributed by atoms with Crippen molar-refractivity contribution in [2.45, 2.75) is 17.4 Å². The number of sulfonamides is 1. The van der Waals surface area contributed by atoms with Gasteiger partial charge in [0.1, 0.15) is 9.96 Å². The van der Waals surface area contributed by atoms with Crippen LogP contribution in [0.15, 0.2) is 46.0 Å². The summed E-state index contributed by atoms with van der Waals surface area (Å²) in [5.74, 6) is -0.494. The monoisotopic (exact) mass is 376 g/mol. The zero-order valence-electron chi connectivity index (χ0n) is 12.2. The van der Waals surface area contributed by atoms with Gasteiger partial charge < -0.3 is 10.1 Å². The highest BCUT2D eigenvalue weighted by molar-refractivity contribution is 7.91. The molecule has 130 valence electrons. The van der Waals surface area contributed by atoms with E-state index in [0.717, 1.165) is 11.3 Å². The number of alkyl halides is 2. The summed E-state index contributed by atoms with van der Waals surface area (Å²) >= 11 is 1.05. The van der Waals surface area contributed by atoms with E-state index in [1.165, 1.54) is 30.3 Å². The quantitative estimate of drug-likeness (QED) is 0.738. The van der Waals surface area contributed by atoms with Crippen LogP contribution in [-0.2, 0) is 21.4 Å². The summed E-state index contributed by atoms with van der Waals surface area (Å²) in [4.78, 5) is 11.7. The van der Waals surface area contributed by atoms with Crippen LogP contribution in [0.25, 0.3) is 0 Å². The van der Waals surface area contributed by atoms with Gasteiger partial charge in [0, 0.05) is 6.54 Å². The van der Waals surface area contributed by atoms with E-state index in [0.29, 0.717) is 5.56 Å². The van der Waals surface area contributed by atoms with Crippen LogP contribution in [0.5, 0.6) is 5.75 Å². The number of thiophene rings is 1. The molecule has 24 heavy (non-hydrogen) atoms. The molecule has 0 saturated heterocycles. The average Bonchev–Trinajstić information content (AvgIpc) is 3.07. The molecule has 0 spiro atoms. The molecule has 2 rings (SSSR count). The lowest BCUT2D eigenvalue weighted by Crippen LogP contribution is -2.36. The summed E-state index contributed by atoms with van der Waals surface area (Å²) in [7, 11) is -3.69. The lowest BCUT2D eigenvalue weighted by atomic mass is 10.2. The van der Waals surface area contributed by atoms with Crippen molar-refractivity contribution in [2.24, 2.45) is 0 Å². The molecule has 0 radical (unpaired) electrons. The van der Waals surface area contributed by atoms with Crippen molar-refractivity contribution in [3.8, 4) is 5.75 Å². The number of rotatable bonds is 8. The second-order valence-corrected chi connectivity index (χ2v) is 7.50. The number of hydrogen-bond donors (Lipinski definition) is 2. The molecule has 1 heterocycles. The maximum absolute atomic E-state index is 12.0. The summed E-state index contributed by atoms with van der Waals surface area (Å²) in [5.41, 5.74) is 0.658. The number of benzene rings is 1. The van der Waals surface area contributed by atoms with Crippen LogP contribution < -0.4 is 14.8 Å². The van der Waals surface area contributed by atoms with Crippen molar-refractivity contribution < 1.29 is 26.7 Å². The largest absolute Gasteiger partial charge is 0.435 e. The van der Waals surface area contributed by atoms with E-state index in [-0.39, 0.29) is 16.5 Å². The lowest BCUT2D eigenvalue weighted by molar-refractivity contribution is -0.120. The molecule has 0 aliphatic heterocycles. The summed E-state index contributed by atoms with van der Waals surface area (Å²) in [6, 6.07) is 8.79. The van der Waals surface area contributed by atoms with E-state index in [1.54, 1.807) is 11.4 Å².